The molecule has 0 radical (unpaired) electrons. The van der Waals surface area contributed by atoms with E-state index in [0.29, 0.717) is 0 Å². The molecule has 3 fully saturated rings. The number of hydrogen-bond donors (Lipinski definition) is 0. The quantitative estimate of drug-likeness (QED) is 0.838. The summed E-state index contributed by atoms with van der Waals surface area (Å²) in [5, 5.41) is 0. The summed E-state index contributed by atoms with van der Waals surface area (Å²) in [5.41, 5.74) is 0. The van der Waals surface area contributed by atoms with E-state index in [0.717, 1.165) is 69.9 Å². The molecule has 25 heavy (non-hydrogen) atoms. The Kier molecular flexibility index (Phi) is 5.72. The van der Waals surface area contributed by atoms with E-state index in [1.54, 1.807) is 0 Å². The zero-order valence-electron chi connectivity index (χ0n) is 15.2. The second-order valence-electron chi connectivity index (χ2n) is 7.58. The Bertz CT molecular complexity index is 541. The smallest absolute Gasteiger partial charge is 0.215 e. The fraction of sp³-hybridized carbons (Fsp3) is 0.750. The monoisotopic (exact) mass is 345 g/mol. The van der Waals surface area contributed by atoms with E-state index in [2.05, 4.69) is 21.9 Å². The summed E-state index contributed by atoms with van der Waals surface area (Å²) in [4.78, 5) is 9.93. The molecule has 5 heteroatoms. The van der Waals surface area contributed by atoms with Crippen LogP contribution in [-0.4, -0.2) is 61.4 Å². The van der Waals surface area contributed by atoms with Crippen molar-refractivity contribution in [1.29, 1.82) is 0 Å². The van der Waals surface area contributed by atoms with Crippen LogP contribution in [0.4, 0.5) is 5.82 Å². The molecule has 0 aromatic carbocycles. The lowest BCUT2D eigenvalue weighted by atomic mass is 9.91. The molecule has 5 nitrogen and oxygen atoms in total. The van der Waals surface area contributed by atoms with Gasteiger partial charge in [-0.25, -0.2) is 0 Å². The van der Waals surface area contributed by atoms with Gasteiger partial charge in [0.15, 0.2) is 0 Å². The van der Waals surface area contributed by atoms with Crippen molar-refractivity contribution < 1.29 is 9.47 Å². The maximum Gasteiger partial charge on any atom is 0.215 e. The molecule has 3 aliphatic rings. The first-order valence-corrected chi connectivity index (χ1v) is 10.1. The lowest BCUT2D eigenvalue weighted by molar-refractivity contribution is 0.125. The van der Waals surface area contributed by atoms with E-state index >= 15 is 0 Å². The molecule has 138 valence electrons. The highest BCUT2D eigenvalue weighted by Gasteiger charge is 2.27. The Morgan fingerprint density at radius 3 is 2.76 bits per heavy atom. The highest BCUT2D eigenvalue weighted by molar-refractivity contribution is 5.41. The number of anilines is 1. The molecule has 0 N–H and O–H groups in total. The SMILES string of the molecule is c1cc(OC2CCCOCC2)nc(N2CCCN(C3CCC3)CC2)c1. The molecule has 1 aromatic heterocycles. The van der Waals surface area contributed by atoms with Crippen molar-refractivity contribution in [2.45, 2.75) is 57.1 Å². The fourth-order valence-corrected chi connectivity index (χ4v) is 4.09. The molecular weight excluding hydrogens is 314 g/mol. The van der Waals surface area contributed by atoms with Crippen LogP contribution in [0.15, 0.2) is 18.2 Å². The molecule has 4 rings (SSSR count). The first-order valence-electron chi connectivity index (χ1n) is 10.1. The van der Waals surface area contributed by atoms with Gasteiger partial charge in [-0.2, -0.15) is 4.98 Å². The lowest BCUT2D eigenvalue weighted by Gasteiger charge is -2.36. The van der Waals surface area contributed by atoms with Gasteiger partial charge in [-0.1, -0.05) is 12.5 Å². The lowest BCUT2D eigenvalue weighted by Crippen LogP contribution is -2.42. The molecule has 2 aliphatic heterocycles. The van der Waals surface area contributed by atoms with Crippen LogP contribution in [0, 0.1) is 0 Å². The predicted molar refractivity (Wildman–Crippen MR) is 99.4 cm³/mol. The van der Waals surface area contributed by atoms with Gasteiger partial charge in [-0.3, -0.25) is 4.90 Å². The number of pyridine rings is 1. The number of nitrogens with zero attached hydrogens (tertiary/aromatic N) is 3. The molecule has 0 amide bonds. The van der Waals surface area contributed by atoms with Crippen LogP contribution >= 0.6 is 0 Å². The first kappa shape index (κ1) is 17.1. The van der Waals surface area contributed by atoms with E-state index in [1.165, 1.54) is 32.2 Å². The highest BCUT2D eigenvalue weighted by atomic mass is 16.5. The van der Waals surface area contributed by atoms with Crippen LogP contribution in [0.2, 0.25) is 0 Å². The summed E-state index contributed by atoms with van der Waals surface area (Å²) in [5.74, 6) is 1.84. The van der Waals surface area contributed by atoms with Gasteiger partial charge < -0.3 is 14.4 Å². The van der Waals surface area contributed by atoms with Crippen LogP contribution in [0.5, 0.6) is 5.88 Å². The molecule has 3 heterocycles. The Balaban J connectivity index is 1.36. The maximum absolute atomic E-state index is 6.16. The summed E-state index contributed by atoms with van der Waals surface area (Å²) in [6, 6.07) is 7.05. The zero-order chi connectivity index (χ0) is 16.9. The second kappa shape index (κ2) is 8.37. The molecule has 2 saturated heterocycles. The Hall–Kier alpha value is -1.33. The maximum atomic E-state index is 6.16. The number of hydrogen-bond acceptors (Lipinski definition) is 5. The van der Waals surface area contributed by atoms with Crippen LogP contribution in [0.1, 0.15) is 44.9 Å². The normalized spacial score (nSPS) is 26.6. The highest BCUT2D eigenvalue weighted by Crippen LogP contribution is 2.27. The number of ether oxygens (including phenoxy) is 2. The van der Waals surface area contributed by atoms with Crippen molar-refractivity contribution in [1.82, 2.24) is 9.88 Å². The molecular formula is C20H31N3O2. The summed E-state index contributed by atoms with van der Waals surface area (Å²) < 4.78 is 11.7. The minimum Gasteiger partial charge on any atom is -0.474 e. The van der Waals surface area contributed by atoms with Crippen molar-refractivity contribution >= 4 is 5.82 Å². The van der Waals surface area contributed by atoms with E-state index in [-0.39, 0.29) is 6.10 Å². The van der Waals surface area contributed by atoms with Gasteiger partial charge in [0, 0.05) is 51.3 Å². The van der Waals surface area contributed by atoms with Gasteiger partial charge in [-0.05, 0) is 38.2 Å². The van der Waals surface area contributed by atoms with E-state index in [1.807, 2.05) is 6.07 Å². The molecule has 1 atom stereocenters. The third-order valence-corrected chi connectivity index (χ3v) is 5.84. The molecule has 0 spiro atoms. The van der Waals surface area contributed by atoms with Crippen molar-refractivity contribution in [3.8, 4) is 5.88 Å². The minimum atomic E-state index is 0.239. The molecule has 1 aromatic rings. The van der Waals surface area contributed by atoms with E-state index in [9.17, 15) is 0 Å². The van der Waals surface area contributed by atoms with Crippen LogP contribution < -0.4 is 9.64 Å². The van der Waals surface area contributed by atoms with Gasteiger partial charge in [0.2, 0.25) is 5.88 Å². The standard InChI is InChI=1S/C20H31N3O2/c1-5-17(6-1)22-11-4-12-23(14-13-22)19-8-2-9-20(21-19)25-18-7-3-15-24-16-10-18/h2,8-9,17-18H,1,3-7,10-16H2. The van der Waals surface area contributed by atoms with Crippen LogP contribution in [0.3, 0.4) is 0 Å². The fourth-order valence-electron chi connectivity index (χ4n) is 4.09. The third-order valence-electron chi connectivity index (χ3n) is 5.84. The van der Waals surface area contributed by atoms with Crippen molar-refractivity contribution in [2.75, 3.05) is 44.3 Å². The van der Waals surface area contributed by atoms with Gasteiger partial charge in [-0.15, -0.1) is 0 Å². The van der Waals surface area contributed by atoms with Crippen molar-refractivity contribution in [3.63, 3.8) is 0 Å². The van der Waals surface area contributed by atoms with Crippen molar-refractivity contribution in [3.05, 3.63) is 18.2 Å². The van der Waals surface area contributed by atoms with Crippen LogP contribution in [-0.2, 0) is 4.74 Å². The first-order chi connectivity index (χ1) is 12.4. The van der Waals surface area contributed by atoms with E-state index in [4.69, 9.17) is 14.5 Å². The second-order valence-corrected chi connectivity index (χ2v) is 7.58. The van der Waals surface area contributed by atoms with Crippen LogP contribution in [0.25, 0.3) is 0 Å². The molecule has 1 saturated carbocycles. The molecule has 1 aliphatic carbocycles. The molecule has 0 bridgehead atoms. The largest absolute Gasteiger partial charge is 0.474 e. The summed E-state index contributed by atoms with van der Waals surface area (Å²) in [6.07, 6.45) is 8.77. The summed E-state index contributed by atoms with van der Waals surface area (Å²) >= 11 is 0. The van der Waals surface area contributed by atoms with Gasteiger partial charge >= 0.3 is 0 Å². The van der Waals surface area contributed by atoms with Gasteiger partial charge in [0.1, 0.15) is 11.9 Å². The van der Waals surface area contributed by atoms with Crippen molar-refractivity contribution in [2.24, 2.45) is 0 Å². The average Bonchev–Trinajstić information content (AvgIpc) is 2.97. The third kappa shape index (κ3) is 4.45. The average molecular weight is 345 g/mol. The Morgan fingerprint density at radius 2 is 1.88 bits per heavy atom. The Labute approximate surface area is 151 Å². The predicted octanol–water partition coefficient (Wildman–Crippen LogP) is 3.09. The van der Waals surface area contributed by atoms with Gasteiger partial charge in [0.05, 0.1) is 6.61 Å². The number of aromatic nitrogens is 1. The minimum absolute atomic E-state index is 0.239. The summed E-state index contributed by atoms with van der Waals surface area (Å²) in [7, 11) is 0. The zero-order valence-corrected chi connectivity index (χ0v) is 15.2. The summed E-state index contributed by atoms with van der Waals surface area (Å²) in [6.45, 7) is 6.23. The van der Waals surface area contributed by atoms with Gasteiger partial charge in [0.25, 0.3) is 0 Å². The van der Waals surface area contributed by atoms with E-state index < -0.39 is 0 Å². The Morgan fingerprint density at radius 1 is 0.920 bits per heavy atom. The molecule has 1 unspecified atom stereocenters. The topological polar surface area (TPSA) is 37.8 Å². The number of rotatable bonds is 4.